The molecule has 0 aliphatic rings. The zero-order valence-corrected chi connectivity index (χ0v) is 12.4. The summed E-state index contributed by atoms with van der Waals surface area (Å²) in [6, 6.07) is 12.2. The average Bonchev–Trinajstić information content (AvgIpc) is 2.96. The first-order chi connectivity index (χ1) is 10.9. The van der Waals surface area contributed by atoms with E-state index < -0.39 is 16.0 Å². The van der Waals surface area contributed by atoms with Crippen LogP contribution >= 0.6 is 0 Å². The van der Waals surface area contributed by atoms with E-state index in [0.717, 1.165) is 0 Å². The van der Waals surface area contributed by atoms with E-state index in [0.29, 0.717) is 11.3 Å². The van der Waals surface area contributed by atoms with Crippen LogP contribution < -0.4 is 9.86 Å². The second-order valence-corrected chi connectivity index (χ2v) is 5.91. The molecule has 118 valence electrons. The van der Waals surface area contributed by atoms with Gasteiger partial charge in [0.2, 0.25) is 5.89 Å². The number of rotatable bonds is 4. The summed E-state index contributed by atoms with van der Waals surface area (Å²) in [6.45, 7) is 0. The Morgan fingerprint density at radius 1 is 1.00 bits per heavy atom. The van der Waals surface area contributed by atoms with Crippen LogP contribution in [-0.2, 0) is 10.2 Å². The van der Waals surface area contributed by atoms with Crippen LogP contribution in [0.1, 0.15) is 0 Å². The van der Waals surface area contributed by atoms with Crippen LogP contribution in [0.2, 0.25) is 0 Å². The van der Waals surface area contributed by atoms with E-state index in [1.165, 1.54) is 24.3 Å². The second kappa shape index (κ2) is 5.78. The number of nitrogens with two attached hydrogens (primary N) is 1. The van der Waals surface area contributed by atoms with Gasteiger partial charge in [-0.3, -0.25) is 4.72 Å². The molecule has 0 unspecified atom stereocenters. The Kier molecular flexibility index (Phi) is 3.80. The molecule has 7 nitrogen and oxygen atoms in total. The van der Waals surface area contributed by atoms with Crippen LogP contribution in [0.25, 0.3) is 22.9 Å². The summed E-state index contributed by atoms with van der Waals surface area (Å²) < 4.78 is 43.2. The molecule has 0 fully saturated rings. The molecule has 3 aromatic rings. The van der Waals surface area contributed by atoms with E-state index in [1.54, 1.807) is 24.3 Å². The Labute approximate surface area is 131 Å². The molecule has 0 atom stereocenters. The number of hydrogen-bond donors (Lipinski definition) is 2. The van der Waals surface area contributed by atoms with Crippen molar-refractivity contribution in [3.05, 3.63) is 54.3 Å². The monoisotopic (exact) mass is 334 g/mol. The third-order valence-electron chi connectivity index (χ3n) is 2.92. The van der Waals surface area contributed by atoms with Crippen LogP contribution in [0.3, 0.4) is 0 Å². The van der Waals surface area contributed by atoms with Crippen molar-refractivity contribution in [2.45, 2.75) is 0 Å². The molecule has 1 aromatic heterocycles. The van der Waals surface area contributed by atoms with Crippen LogP contribution in [0.4, 0.5) is 10.1 Å². The van der Waals surface area contributed by atoms with Crippen molar-refractivity contribution in [1.29, 1.82) is 0 Å². The third-order valence-corrected chi connectivity index (χ3v) is 3.44. The van der Waals surface area contributed by atoms with E-state index in [4.69, 9.17) is 9.56 Å². The molecule has 3 N–H and O–H groups in total. The summed E-state index contributed by atoms with van der Waals surface area (Å²) in [5, 5.41) is 12.6. The van der Waals surface area contributed by atoms with Crippen molar-refractivity contribution in [3.8, 4) is 22.9 Å². The number of benzene rings is 2. The highest BCUT2D eigenvalue weighted by atomic mass is 32.2. The molecule has 0 amide bonds. The van der Waals surface area contributed by atoms with Crippen LogP contribution in [-0.4, -0.2) is 18.6 Å². The predicted octanol–water partition coefficient (Wildman–Crippen LogP) is 2.16. The lowest BCUT2D eigenvalue weighted by atomic mass is 10.2. The highest BCUT2D eigenvalue weighted by Crippen LogP contribution is 2.26. The number of nitrogens with one attached hydrogen (secondary N) is 1. The second-order valence-electron chi connectivity index (χ2n) is 4.62. The van der Waals surface area contributed by atoms with Gasteiger partial charge in [-0.15, -0.1) is 10.2 Å². The molecule has 0 aliphatic heterocycles. The first kappa shape index (κ1) is 15.1. The fourth-order valence-corrected chi connectivity index (χ4v) is 2.39. The molecule has 9 heteroatoms. The third kappa shape index (κ3) is 3.52. The van der Waals surface area contributed by atoms with Crippen molar-refractivity contribution < 1.29 is 17.2 Å². The Morgan fingerprint density at radius 2 is 1.65 bits per heavy atom. The number of nitrogens with zero attached hydrogens (tertiary/aromatic N) is 2. The highest BCUT2D eigenvalue weighted by Gasteiger charge is 2.13. The van der Waals surface area contributed by atoms with Gasteiger partial charge >= 0.3 is 0 Å². The summed E-state index contributed by atoms with van der Waals surface area (Å²) in [7, 11) is -3.83. The fraction of sp³-hybridized carbons (Fsp3) is 0. The van der Waals surface area contributed by atoms with Gasteiger partial charge in [0, 0.05) is 11.3 Å². The number of halogens is 1. The Morgan fingerprint density at radius 3 is 2.30 bits per heavy atom. The molecule has 0 saturated heterocycles. The Bertz CT molecular complexity index is 939. The summed E-state index contributed by atoms with van der Waals surface area (Å²) in [4.78, 5) is 0. The summed E-state index contributed by atoms with van der Waals surface area (Å²) in [6.07, 6.45) is 0. The molecule has 0 aliphatic carbocycles. The van der Waals surface area contributed by atoms with E-state index in [1.807, 2.05) is 0 Å². The molecule has 0 saturated carbocycles. The first-order valence-electron chi connectivity index (χ1n) is 6.42. The molecule has 0 spiro atoms. The molecule has 0 bridgehead atoms. The minimum atomic E-state index is -3.83. The maximum absolute atomic E-state index is 13.7. The van der Waals surface area contributed by atoms with E-state index >= 15 is 0 Å². The maximum Gasteiger partial charge on any atom is 0.296 e. The van der Waals surface area contributed by atoms with Gasteiger partial charge < -0.3 is 4.42 Å². The van der Waals surface area contributed by atoms with Gasteiger partial charge in [-0.1, -0.05) is 12.1 Å². The van der Waals surface area contributed by atoms with Crippen molar-refractivity contribution in [2.75, 3.05) is 4.72 Å². The number of hydrogen-bond acceptors (Lipinski definition) is 5. The van der Waals surface area contributed by atoms with Crippen molar-refractivity contribution >= 4 is 15.9 Å². The summed E-state index contributed by atoms with van der Waals surface area (Å²) in [5.41, 5.74) is 1.06. The minimum absolute atomic E-state index is 0.0600. The zero-order chi connectivity index (χ0) is 16.4. The highest BCUT2D eigenvalue weighted by molar-refractivity contribution is 7.90. The molecule has 23 heavy (non-hydrogen) atoms. The Hall–Kier alpha value is -2.78. The summed E-state index contributed by atoms with van der Waals surface area (Å²) in [5.74, 6) is -0.217. The Balaban J connectivity index is 1.88. The number of anilines is 1. The van der Waals surface area contributed by atoms with Crippen molar-refractivity contribution in [1.82, 2.24) is 10.2 Å². The standard InChI is InChI=1S/C14H11FN4O3S/c15-12-4-2-1-3-11(12)14-18-17-13(22-14)9-5-7-10(8-6-9)19-23(16,20)21/h1-8,19H,(H2,16,20,21). The zero-order valence-electron chi connectivity index (χ0n) is 11.6. The molecule has 2 aromatic carbocycles. The lowest BCUT2D eigenvalue weighted by Crippen LogP contribution is -2.21. The van der Waals surface area contributed by atoms with Gasteiger partial charge in [0.1, 0.15) is 5.82 Å². The molecular formula is C14H11FN4O3S. The SMILES string of the molecule is NS(=O)(=O)Nc1ccc(-c2nnc(-c3ccccc3F)o2)cc1. The van der Waals surface area contributed by atoms with E-state index in [-0.39, 0.29) is 17.3 Å². The molecule has 3 rings (SSSR count). The van der Waals surface area contributed by atoms with Gasteiger partial charge in [-0.25, -0.2) is 9.53 Å². The van der Waals surface area contributed by atoms with Crippen molar-refractivity contribution in [3.63, 3.8) is 0 Å². The van der Waals surface area contributed by atoms with Crippen LogP contribution in [0.5, 0.6) is 0 Å². The fourth-order valence-electron chi connectivity index (χ4n) is 1.93. The van der Waals surface area contributed by atoms with Gasteiger partial charge in [0.25, 0.3) is 16.1 Å². The normalized spacial score (nSPS) is 11.4. The van der Waals surface area contributed by atoms with Crippen molar-refractivity contribution in [2.24, 2.45) is 5.14 Å². The topological polar surface area (TPSA) is 111 Å². The quantitative estimate of drug-likeness (QED) is 0.759. The smallest absolute Gasteiger partial charge is 0.296 e. The van der Waals surface area contributed by atoms with Gasteiger partial charge in [0.05, 0.1) is 5.56 Å². The van der Waals surface area contributed by atoms with E-state index in [2.05, 4.69) is 14.9 Å². The van der Waals surface area contributed by atoms with Gasteiger partial charge in [-0.2, -0.15) is 8.42 Å². The van der Waals surface area contributed by atoms with Crippen LogP contribution in [0, 0.1) is 5.82 Å². The first-order valence-corrected chi connectivity index (χ1v) is 7.96. The van der Waals surface area contributed by atoms with Gasteiger partial charge in [0.15, 0.2) is 0 Å². The lowest BCUT2D eigenvalue weighted by molar-refractivity contribution is 0.570. The lowest BCUT2D eigenvalue weighted by Gasteiger charge is -2.03. The molecule has 1 heterocycles. The van der Waals surface area contributed by atoms with Gasteiger partial charge in [-0.05, 0) is 36.4 Å². The number of aromatic nitrogens is 2. The minimum Gasteiger partial charge on any atom is -0.416 e. The molecular weight excluding hydrogens is 323 g/mol. The largest absolute Gasteiger partial charge is 0.416 e. The van der Waals surface area contributed by atoms with Crippen LogP contribution in [0.15, 0.2) is 52.9 Å². The summed E-state index contributed by atoms with van der Waals surface area (Å²) >= 11 is 0. The maximum atomic E-state index is 13.7. The average molecular weight is 334 g/mol. The predicted molar refractivity (Wildman–Crippen MR) is 81.9 cm³/mol. The van der Waals surface area contributed by atoms with E-state index in [9.17, 15) is 12.8 Å². The molecule has 0 radical (unpaired) electrons.